The van der Waals surface area contributed by atoms with E-state index in [1.165, 1.54) is 6.07 Å². The van der Waals surface area contributed by atoms with Gasteiger partial charge in [-0.2, -0.15) is 0 Å². The minimum Gasteiger partial charge on any atom is -0.480 e. The number of nitrogens with one attached hydrogen (secondary N) is 1. The summed E-state index contributed by atoms with van der Waals surface area (Å²) in [4.78, 5) is 22.5. The van der Waals surface area contributed by atoms with Crippen LogP contribution in [0, 0.1) is 12.8 Å². The summed E-state index contributed by atoms with van der Waals surface area (Å²) in [5.74, 6) is -0.600. The first-order valence-electron chi connectivity index (χ1n) is 5.18. The number of carboxylic acid groups (broad SMARTS) is 1. The summed E-state index contributed by atoms with van der Waals surface area (Å²) < 4.78 is 5.12. The van der Waals surface area contributed by atoms with Gasteiger partial charge in [0.05, 0.1) is 0 Å². The third-order valence-corrected chi connectivity index (χ3v) is 2.61. The summed E-state index contributed by atoms with van der Waals surface area (Å²) in [6.07, 6.45) is 1.71. The minimum absolute atomic E-state index is 0.0671. The number of amides is 1. The highest BCUT2D eigenvalue weighted by Gasteiger charge is 2.37. The molecule has 1 saturated carbocycles. The predicted molar refractivity (Wildman–Crippen MR) is 55.1 cm³/mol. The van der Waals surface area contributed by atoms with Crippen LogP contribution < -0.4 is 5.32 Å². The van der Waals surface area contributed by atoms with Crippen LogP contribution in [0.4, 0.5) is 0 Å². The zero-order valence-electron chi connectivity index (χ0n) is 8.90. The second kappa shape index (κ2) is 4.00. The third-order valence-electron chi connectivity index (χ3n) is 2.61. The van der Waals surface area contributed by atoms with Gasteiger partial charge < -0.3 is 14.8 Å². The van der Waals surface area contributed by atoms with Gasteiger partial charge in [-0.15, -0.1) is 0 Å². The van der Waals surface area contributed by atoms with E-state index in [9.17, 15) is 9.59 Å². The number of hydrogen-bond acceptors (Lipinski definition) is 3. The van der Waals surface area contributed by atoms with Gasteiger partial charge in [-0.1, -0.05) is 0 Å². The molecule has 0 spiro atoms. The Morgan fingerprint density at radius 3 is 2.62 bits per heavy atom. The van der Waals surface area contributed by atoms with E-state index in [2.05, 4.69) is 5.32 Å². The van der Waals surface area contributed by atoms with Crippen molar-refractivity contribution in [2.45, 2.75) is 25.8 Å². The van der Waals surface area contributed by atoms with Gasteiger partial charge >= 0.3 is 5.97 Å². The van der Waals surface area contributed by atoms with E-state index in [1.54, 1.807) is 13.0 Å². The second-order valence-corrected chi connectivity index (χ2v) is 4.04. The topological polar surface area (TPSA) is 79.5 Å². The quantitative estimate of drug-likeness (QED) is 0.803. The monoisotopic (exact) mass is 223 g/mol. The number of aliphatic carboxylic acids is 1. The van der Waals surface area contributed by atoms with Crippen LogP contribution in [0.5, 0.6) is 0 Å². The van der Waals surface area contributed by atoms with Crippen molar-refractivity contribution in [2.75, 3.05) is 0 Å². The van der Waals surface area contributed by atoms with Crippen molar-refractivity contribution in [1.29, 1.82) is 0 Å². The van der Waals surface area contributed by atoms with E-state index in [1.807, 2.05) is 0 Å². The zero-order valence-corrected chi connectivity index (χ0v) is 8.90. The van der Waals surface area contributed by atoms with Gasteiger partial charge in [-0.25, -0.2) is 4.79 Å². The van der Waals surface area contributed by atoms with Crippen LogP contribution in [0.3, 0.4) is 0 Å². The first-order chi connectivity index (χ1) is 7.58. The Morgan fingerprint density at radius 1 is 1.50 bits per heavy atom. The van der Waals surface area contributed by atoms with Crippen LogP contribution in [-0.2, 0) is 4.79 Å². The van der Waals surface area contributed by atoms with Crippen molar-refractivity contribution in [3.8, 4) is 0 Å². The first kappa shape index (κ1) is 10.7. The van der Waals surface area contributed by atoms with Gasteiger partial charge in [0.15, 0.2) is 5.76 Å². The molecule has 0 aliphatic heterocycles. The van der Waals surface area contributed by atoms with Crippen LogP contribution in [0.1, 0.15) is 29.2 Å². The van der Waals surface area contributed by atoms with Crippen molar-refractivity contribution in [1.82, 2.24) is 5.32 Å². The second-order valence-electron chi connectivity index (χ2n) is 4.04. The largest absolute Gasteiger partial charge is 0.480 e. The predicted octanol–water partition coefficient (Wildman–Crippen LogP) is 1.18. The maximum atomic E-state index is 11.6. The number of carboxylic acids is 1. The molecule has 1 aliphatic carbocycles. The number of carbonyl (C=O) groups excluding carboxylic acids is 1. The molecule has 2 N–H and O–H groups in total. The van der Waals surface area contributed by atoms with Crippen molar-refractivity contribution in [3.63, 3.8) is 0 Å². The summed E-state index contributed by atoms with van der Waals surface area (Å²) in [6.45, 7) is 1.73. The maximum absolute atomic E-state index is 11.6. The normalized spacial score (nSPS) is 16.8. The molecule has 0 radical (unpaired) electrons. The number of furan rings is 1. The molecule has 1 heterocycles. The van der Waals surface area contributed by atoms with Crippen LogP contribution in [0.15, 0.2) is 16.5 Å². The summed E-state index contributed by atoms with van der Waals surface area (Å²) >= 11 is 0. The van der Waals surface area contributed by atoms with E-state index in [0.717, 1.165) is 12.8 Å². The number of carbonyl (C=O) groups is 2. The van der Waals surface area contributed by atoms with Crippen LogP contribution in [-0.4, -0.2) is 23.0 Å². The van der Waals surface area contributed by atoms with Gasteiger partial charge in [0, 0.05) is 0 Å². The summed E-state index contributed by atoms with van der Waals surface area (Å²) in [5.41, 5.74) is 0. The van der Waals surface area contributed by atoms with Crippen LogP contribution in [0.2, 0.25) is 0 Å². The Labute approximate surface area is 92.4 Å². The van der Waals surface area contributed by atoms with Crippen molar-refractivity contribution in [3.05, 3.63) is 23.7 Å². The SMILES string of the molecule is Cc1ccc(C(=O)NC(C(=O)O)C2CC2)o1. The summed E-state index contributed by atoms with van der Waals surface area (Å²) in [5, 5.41) is 11.4. The molecule has 0 bridgehead atoms. The fraction of sp³-hybridized carbons (Fsp3) is 0.455. The lowest BCUT2D eigenvalue weighted by molar-refractivity contribution is -0.139. The van der Waals surface area contributed by atoms with Crippen molar-refractivity contribution < 1.29 is 19.1 Å². The van der Waals surface area contributed by atoms with Gasteiger partial charge in [0.25, 0.3) is 5.91 Å². The first-order valence-corrected chi connectivity index (χ1v) is 5.18. The Hall–Kier alpha value is -1.78. The Bertz CT molecular complexity index is 419. The Kier molecular flexibility index (Phi) is 2.68. The fourth-order valence-electron chi connectivity index (χ4n) is 1.58. The molecule has 1 unspecified atom stereocenters. The van der Waals surface area contributed by atoms with Crippen LogP contribution in [0.25, 0.3) is 0 Å². The lowest BCUT2D eigenvalue weighted by atomic mass is 10.2. The Morgan fingerprint density at radius 2 is 2.19 bits per heavy atom. The molecule has 86 valence electrons. The highest BCUT2D eigenvalue weighted by molar-refractivity contribution is 5.94. The van der Waals surface area contributed by atoms with E-state index in [4.69, 9.17) is 9.52 Å². The highest BCUT2D eigenvalue weighted by Crippen LogP contribution is 2.32. The molecule has 0 aromatic carbocycles. The van der Waals surface area contributed by atoms with Gasteiger partial charge in [0.2, 0.25) is 0 Å². The van der Waals surface area contributed by atoms with E-state index >= 15 is 0 Å². The van der Waals surface area contributed by atoms with Crippen molar-refractivity contribution in [2.24, 2.45) is 5.92 Å². The molecule has 1 amide bonds. The third kappa shape index (κ3) is 2.24. The van der Waals surface area contributed by atoms with Gasteiger partial charge in [0.1, 0.15) is 11.8 Å². The molecule has 1 aromatic heterocycles. The summed E-state index contributed by atoms with van der Waals surface area (Å²) in [6, 6.07) is 2.41. The zero-order chi connectivity index (χ0) is 11.7. The molecule has 1 fully saturated rings. The average molecular weight is 223 g/mol. The molecule has 1 aromatic rings. The molecule has 5 nitrogen and oxygen atoms in total. The van der Waals surface area contributed by atoms with Crippen LogP contribution >= 0.6 is 0 Å². The van der Waals surface area contributed by atoms with Crippen molar-refractivity contribution >= 4 is 11.9 Å². The van der Waals surface area contributed by atoms with E-state index in [-0.39, 0.29) is 11.7 Å². The number of rotatable bonds is 4. The number of hydrogen-bond donors (Lipinski definition) is 2. The minimum atomic E-state index is -0.987. The lowest BCUT2D eigenvalue weighted by Crippen LogP contribution is -2.42. The standard InChI is InChI=1S/C11H13NO4/c1-6-2-5-8(16-6)10(13)12-9(11(14)15)7-3-4-7/h2,5,7,9H,3-4H2,1H3,(H,12,13)(H,14,15). The number of aryl methyl sites for hydroxylation is 1. The fourth-order valence-corrected chi connectivity index (χ4v) is 1.58. The highest BCUT2D eigenvalue weighted by atomic mass is 16.4. The average Bonchev–Trinajstić information content (AvgIpc) is 2.96. The van der Waals surface area contributed by atoms with E-state index < -0.39 is 17.9 Å². The van der Waals surface area contributed by atoms with E-state index in [0.29, 0.717) is 5.76 Å². The molecule has 0 saturated heterocycles. The molecular weight excluding hydrogens is 210 g/mol. The molecule has 2 rings (SSSR count). The molecule has 5 heteroatoms. The Balaban J connectivity index is 2.02. The molecule has 1 aliphatic rings. The van der Waals surface area contributed by atoms with Gasteiger partial charge in [-0.05, 0) is 37.8 Å². The molecular formula is C11H13NO4. The van der Waals surface area contributed by atoms with Gasteiger partial charge in [-0.3, -0.25) is 4.79 Å². The summed E-state index contributed by atoms with van der Waals surface area (Å²) in [7, 11) is 0. The lowest BCUT2D eigenvalue weighted by Gasteiger charge is -2.11. The molecule has 16 heavy (non-hydrogen) atoms. The molecule has 1 atom stereocenters. The smallest absolute Gasteiger partial charge is 0.326 e. The maximum Gasteiger partial charge on any atom is 0.326 e.